The van der Waals surface area contributed by atoms with Crippen LogP contribution in [0.2, 0.25) is 0 Å². The number of aromatic nitrogens is 6. The maximum absolute atomic E-state index is 5.16. The molecule has 0 aliphatic carbocycles. The smallest absolute Gasteiger partial charge is 0.238 e. The number of hydrogen-bond donors (Lipinski definition) is 0. The van der Waals surface area contributed by atoms with Gasteiger partial charge in [-0.3, -0.25) is 8.97 Å². The number of imidazole rings is 1. The molecule has 46 heavy (non-hydrogen) atoms. The number of nitrogens with zero attached hydrogens (tertiary/aromatic N) is 6. The zero-order chi connectivity index (χ0) is 30.2. The highest BCUT2D eigenvalue weighted by Gasteiger charge is 2.21. The lowest BCUT2D eigenvalue weighted by molar-refractivity contribution is 0.954. The van der Waals surface area contributed by atoms with Crippen LogP contribution in [0.3, 0.4) is 0 Å². The fourth-order valence-electron chi connectivity index (χ4n) is 6.88. The summed E-state index contributed by atoms with van der Waals surface area (Å²) in [5.41, 5.74) is 8.10. The van der Waals surface area contributed by atoms with Crippen LogP contribution in [0.15, 0.2) is 146 Å². The van der Waals surface area contributed by atoms with Crippen molar-refractivity contribution in [1.29, 1.82) is 0 Å². The number of hydrogen-bond acceptors (Lipinski definition) is 4. The van der Waals surface area contributed by atoms with Gasteiger partial charge in [0.2, 0.25) is 5.95 Å². The van der Waals surface area contributed by atoms with E-state index in [0.717, 1.165) is 71.3 Å². The Labute approximate surface area is 262 Å². The van der Waals surface area contributed by atoms with Gasteiger partial charge in [-0.15, -0.1) is 0 Å². The standard InChI is InChI=1S/C40H24N6/c1-3-13-25(14-4-1)37-42-38(26-15-5-2-6-16-26)44-40(43-37)46-34-21-11-8-18-28(34)30-23-31-29(24-36(30)46)27-17-7-10-20-33(27)45-35-22-12-9-19-32(35)41-39(31)45/h1-24H. The van der Waals surface area contributed by atoms with Crippen molar-refractivity contribution in [3.05, 3.63) is 146 Å². The molecule has 0 atom stereocenters. The Morgan fingerprint density at radius 3 is 1.63 bits per heavy atom. The molecule has 0 unspecified atom stereocenters. The minimum absolute atomic E-state index is 0.579. The number of benzene rings is 6. The molecule has 10 aromatic rings. The predicted octanol–water partition coefficient (Wildman–Crippen LogP) is 9.41. The first kappa shape index (κ1) is 25.0. The second-order valence-electron chi connectivity index (χ2n) is 11.6. The fraction of sp³-hybridized carbons (Fsp3) is 0. The molecule has 0 radical (unpaired) electrons. The molecule has 0 amide bonds. The van der Waals surface area contributed by atoms with Crippen molar-refractivity contribution in [3.63, 3.8) is 0 Å². The number of rotatable bonds is 3. The number of para-hydroxylation sites is 4. The summed E-state index contributed by atoms with van der Waals surface area (Å²) >= 11 is 0. The molecule has 6 aromatic carbocycles. The molecule has 6 heteroatoms. The van der Waals surface area contributed by atoms with Crippen molar-refractivity contribution in [2.45, 2.75) is 0 Å². The van der Waals surface area contributed by atoms with E-state index in [1.807, 2.05) is 66.7 Å². The van der Waals surface area contributed by atoms with Gasteiger partial charge in [0.1, 0.15) is 5.65 Å². The van der Waals surface area contributed by atoms with E-state index < -0.39 is 0 Å². The van der Waals surface area contributed by atoms with Crippen molar-refractivity contribution < 1.29 is 0 Å². The second kappa shape index (κ2) is 9.55. The van der Waals surface area contributed by atoms with Crippen molar-refractivity contribution in [3.8, 4) is 28.7 Å². The summed E-state index contributed by atoms with van der Waals surface area (Å²) in [6.07, 6.45) is 0. The van der Waals surface area contributed by atoms with Crippen LogP contribution in [0.1, 0.15) is 0 Å². The monoisotopic (exact) mass is 588 g/mol. The van der Waals surface area contributed by atoms with Crippen LogP contribution in [0.25, 0.3) is 88.9 Å². The molecule has 0 N–H and O–H groups in total. The van der Waals surface area contributed by atoms with Gasteiger partial charge in [0, 0.05) is 32.7 Å². The van der Waals surface area contributed by atoms with Crippen molar-refractivity contribution in [2.75, 3.05) is 0 Å². The molecule has 0 saturated carbocycles. The summed E-state index contributed by atoms with van der Waals surface area (Å²) in [5.74, 6) is 1.84. The maximum atomic E-state index is 5.16. The van der Waals surface area contributed by atoms with Gasteiger partial charge in [0.05, 0.1) is 27.6 Å². The van der Waals surface area contributed by atoms with E-state index in [1.165, 1.54) is 0 Å². The van der Waals surface area contributed by atoms with Crippen LogP contribution in [0.5, 0.6) is 0 Å². The predicted molar refractivity (Wildman–Crippen MR) is 186 cm³/mol. The molecule has 4 aromatic heterocycles. The normalized spacial score (nSPS) is 11.9. The third-order valence-electron chi connectivity index (χ3n) is 8.94. The lowest BCUT2D eigenvalue weighted by Gasteiger charge is -2.12. The van der Waals surface area contributed by atoms with E-state index in [2.05, 4.69) is 87.8 Å². The average Bonchev–Trinajstić information content (AvgIpc) is 3.68. The zero-order valence-corrected chi connectivity index (χ0v) is 24.5. The fourth-order valence-corrected chi connectivity index (χ4v) is 6.88. The molecule has 0 bridgehead atoms. The molecule has 0 spiro atoms. The molecule has 4 heterocycles. The van der Waals surface area contributed by atoms with Crippen LogP contribution < -0.4 is 0 Å². The van der Waals surface area contributed by atoms with E-state index in [-0.39, 0.29) is 0 Å². The molecule has 10 rings (SSSR count). The van der Waals surface area contributed by atoms with Gasteiger partial charge >= 0.3 is 0 Å². The lowest BCUT2D eigenvalue weighted by Crippen LogP contribution is -2.06. The Bertz CT molecular complexity index is 2740. The van der Waals surface area contributed by atoms with Crippen molar-refractivity contribution >= 4 is 60.2 Å². The first-order valence-corrected chi connectivity index (χ1v) is 15.3. The third kappa shape index (κ3) is 3.58. The van der Waals surface area contributed by atoms with Gasteiger partial charge < -0.3 is 0 Å². The molecule has 0 fully saturated rings. The summed E-state index contributed by atoms with van der Waals surface area (Å²) in [7, 11) is 0. The van der Waals surface area contributed by atoms with Gasteiger partial charge in [-0.05, 0) is 41.8 Å². The summed E-state index contributed by atoms with van der Waals surface area (Å²) in [6.45, 7) is 0. The Morgan fingerprint density at radius 1 is 0.370 bits per heavy atom. The molecule has 0 aliphatic heterocycles. The van der Waals surface area contributed by atoms with Gasteiger partial charge in [0.25, 0.3) is 0 Å². The van der Waals surface area contributed by atoms with E-state index in [9.17, 15) is 0 Å². The summed E-state index contributed by atoms with van der Waals surface area (Å²) in [6, 6.07) is 50.3. The molecule has 0 saturated heterocycles. The topological polar surface area (TPSA) is 60.9 Å². The lowest BCUT2D eigenvalue weighted by atomic mass is 10.0. The number of pyridine rings is 1. The van der Waals surface area contributed by atoms with Crippen molar-refractivity contribution in [2.24, 2.45) is 0 Å². The minimum Gasteiger partial charge on any atom is -0.292 e. The summed E-state index contributed by atoms with van der Waals surface area (Å²) in [4.78, 5) is 20.3. The first-order chi connectivity index (χ1) is 22.8. The van der Waals surface area contributed by atoms with E-state index in [1.54, 1.807) is 0 Å². The second-order valence-corrected chi connectivity index (χ2v) is 11.6. The van der Waals surface area contributed by atoms with Crippen LogP contribution in [-0.4, -0.2) is 28.9 Å². The van der Waals surface area contributed by atoms with Crippen LogP contribution in [0.4, 0.5) is 0 Å². The largest absolute Gasteiger partial charge is 0.292 e. The van der Waals surface area contributed by atoms with E-state index in [0.29, 0.717) is 17.6 Å². The van der Waals surface area contributed by atoms with Gasteiger partial charge in [-0.25, -0.2) is 9.97 Å². The molecule has 214 valence electrons. The highest BCUT2D eigenvalue weighted by atomic mass is 15.2. The maximum Gasteiger partial charge on any atom is 0.238 e. The molecular weight excluding hydrogens is 564 g/mol. The Balaban J connectivity index is 1.36. The number of fused-ring (bicyclic) bond motifs is 11. The molecular formula is C40H24N6. The average molecular weight is 589 g/mol. The third-order valence-corrected chi connectivity index (χ3v) is 8.94. The van der Waals surface area contributed by atoms with Gasteiger partial charge in [0.15, 0.2) is 11.6 Å². The molecule has 6 nitrogen and oxygen atoms in total. The van der Waals surface area contributed by atoms with Gasteiger partial charge in [-0.1, -0.05) is 109 Å². The van der Waals surface area contributed by atoms with Gasteiger partial charge in [-0.2, -0.15) is 9.97 Å². The van der Waals surface area contributed by atoms with E-state index >= 15 is 0 Å². The summed E-state index contributed by atoms with van der Waals surface area (Å²) in [5, 5.41) is 5.66. The highest BCUT2D eigenvalue weighted by molar-refractivity contribution is 6.21. The Kier molecular flexibility index (Phi) is 5.19. The van der Waals surface area contributed by atoms with Crippen LogP contribution in [0, 0.1) is 0 Å². The molecule has 0 aliphatic rings. The van der Waals surface area contributed by atoms with Crippen LogP contribution in [-0.2, 0) is 0 Å². The quantitative estimate of drug-likeness (QED) is 0.193. The Morgan fingerprint density at radius 2 is 0.935 bits per heavy atom. The minimum atomic E-state index is 0.579. The SMILES string of the molecule is c1ccc(-c2nc(-c3ccccc3)nc(-n3c4ccccc4c4cc5c(cc43)c3ccccc3n3c4ccccc4nc53)n2)cc1. The van der Waals surface area contributed by atoms with Crippen molar-refractivity contribution in [1.82, 2.24) is 28.9 Å². The highest BCUT2D eigenvalue weighted by Crippen LogP contribution is 2.39. The first-order valence-electron chi connectivity index (χ1n) is 15.3. The van der Waals surface area contributed by atoms with Crippen LogP contribution >= 0.6 is 0 Å². The van der Waals surface area contributed by atoms with E-state index in [4.69, 9.17) is 19.9 Å². The Hall–Kier alpha value is -6.40. The zero-order valence-electron chi connectivity index (χ0n) is 24.5. The summed E-state index contributed by atoms with van der Waals surface area (Å²) < 4.78 is 4.48.